The zero-order valence-corrected chi connectivity index (χ0v) is 8.23. The molecular weight excluding hydrogens is 176 g/mol. The third kappa shape index (κ3) is 1.46. The highest BCUT2D eigenvalue weighted by Gasteiger charge is 2.00. The molecular formula is C10H12N4. The fraction of sp³-hybridized carbons (Fsp3) is 0.200. The zero-order chi connectivity index (χ0) is 10.1. The molecule has 0 spiro atoms. The Morgan fingerprint density at radius 3 is 2.64 bits per heavy atom. The number of aryl methyl sites for hydroxylation is 2. The summed E-state index contributed by atoms with van der Waals surface area (Å²) in [7, 11) is 0. The molecule has 0 aliphatic heterocycles. The lowest BCUT2D eigenvalue weighted by Gasteiger charge is -2.03. The monoisotopic (exact) mass is 188 g/mol. The van der Waals surface area contributed by atoms with Crippen molar-refractivity contribution >= 4 is 5.69 Å². The predicted molar refractivity (Wildman–Crippen MR) is 55.2 cm³/mol. The number of hydrogen-bond acceptors (Lipinski definition) is 3. The Morgan fingerprint density at radius 2 is 2.07 bits per heavy atom. The summed E-state index contributed by atoms with van der Waals surface area (Å²) in [4.78, 5) is 4.06. The van der Waals surface area contributed by atoms with Gasteiger partial charge in [-0.15, -0.1) is 0 Å². The van der Waals surface area contributed by atoms with Crippen LogP contribution >= 0.6 is 0 Å². The van der Waals surface area contributed by atoms with Crippen LogP contribution in [0.3, 0.4) is 0 Å². The van der Waals surface area contributed by atoms with E-state index in [0.29, 0.717) is 0 Å². The lowest BCUT2D eigenvalue weighted by molar-refractivity contribution is 0.862. The molecule has 2 aromatic rings. The van der Waals surface area contributed by atoms with Gasteiger partial charge in [-0.2, -0.15) is 5.10 Å². The SMILES string of the molecule is Cc1ncn(-c2ccc(C)c(N)c2)n1. The molecule has 72 valence electrons. The van der Waals surface area contributed by atoms with E-state index in [-0.39, 0.29) is 0 Å². The average Bonchev–Trinajstić information content (AvgIpc) is 2.57. The molecule has 0 atom stereocenters. The van der Waals surface area contributed by atoms with Crippen LogP contribution in [0, 0.1) is 13.8 Å². The van der Waals surface area contributed by atoms with E-state index in [1.165, 1.54) is 0 Å². The van der Waals surface area contributed by atoms with E-state index in [2.05, 4.69) is 10.1 Å². The van der Waals surface area contributed by atoms with E-state index in [4.69, 9.17) is 5.73 Å². The van der Waals surface area contributed by atoms with Crippen molar-refractivity contribution in [3.05, 3.63) is 35.9 Å². The first-order chi connectivity index (χ1) is 6.66. The highest BCUT2D eigenvalue weighted by atomic mass is 15.3. The van der Waals surface area contributed by atoms with E-state index < -0.39 is 0 Å². The Morgan fingerprint density at radius 1 is 1.29 bits per heavy atom. The largest absolute Gasteiger partial charge is 0.398 e. The number of aromatic nitrogens is 3. The first kappa shape index (κ1) is 8.74. The van der Waals surface area contributed by atoms with Crippen molar-refractivity contribution in [2.45, 2.75) is 13.8 Å². The molecule has 1 heterocycles. The van der Waals surface area contributed by atoms with Gasteiger partial charge in [-0.05, 0) is 31.5 Å². The molecule has 0 aliphatic carbocycles. The lowest BCUT2D eigenvalue weighted by Crippen LogP contribution is -1.97. The van der Waals surface area contributed by atoms with Crippen LogP contribution in [0.5, 0.6) is 0 Å². The van der Waals surface area contributed by atoms with Crippen LogP contribution in [-0.4, -0.2) is 14.8 Å². The third-order valence-corrected chi connectivity index (χ3v) is 2.13. The van der Waals surface area contributed by atoms with Crippen LogP contribution in [-0.2, 0) is 0 Å². The van der Waals surface area contributed by atoms with Gasteiger partial charge in [0.1, 0.15) is 12.2 Å². The molecule has 0 amide bonds. The molecule has 0 radical (unpaired) electrons. The van der Waals surface area contributed by atoms with Gasteiger partial charge in [0.15, 0.2) is 0 Å². The van der Waals surface area contributed by atoms with Crippen LogP contribution in [0.25, 0.3) is 5.69 Å². The Kier molecular flexibility index (Phi) is 1.96. The maximum Gasteiger partial charge on any atom is 0.147 e. The summed E-state index contributed by atoms with van der Waals surface area (Å²) in [5.74, 6) is 0.754. The minimum Gasteiger partial charge on any atom is -0.398 e. The first-order valence-corrected chi connectivity index (χ1v) is 4.41. The molecule has 4 nitrogen and oxygen atoms in total. The molecule has 0 saturated heterocycles. The molecule has 0 aliphatic rings. The summed E-state index contributed by atoms with van der Waals surface area (Å²) in [6, 6.07) is 5.84. The van der Waals surface area contributed by atoms with Gasteiger partial charge >= 0.3 is 0 Å². The van der Waals surface area contributed by atoms with Crippen molar-refractivity contribution in [1.82, 2.24) is 14.8 Å². The number of nitrogens with zero attached hydrogens (tertiary/aromatic N) is 3. The Hall–Kier alpha value is -1.84. The Bertz CT molecular complexity index is 459. The maximum absolute atomic E-state index is 5.80. The highest BCUT2D eigenvalue weighted by molar-refractivity contribution is 5.52. The van der Waals surface area contributed by atoms with Crippen LogP contribution in [0.1, 0.15) is 11.4 Å². The maximum atomic E-state index is 5.80. The third-order valence-electron chi connectivity index (χ3n) is 2.13. The Balaban J connectivity index is 2.47. The summed E-state index contributed by atoms with van der Waals surface area (Å²) in [6.07, 6.45) is 1.68. The van der Waals surface area contributed by atoms with Gasteiger partial charge in [-0.3, -0.25) is 0 Å². The highest BCUT2D eigenvalue weighted by Crippen LogP contribution is 2.15. The van der Waals surface area contributed by atoms with E-state index in [9.17, 15) is 0 Å². The van der Waals surface area contributed by atoms with E-state index in [1.807, 2.05) is 32.0 Å². The van der Waals surface area contributed by atoms with Gasteiger partial charge in [0, 0.05) is 5.69 Å². The second-order valence-electron chi connectivity index (χ2n) is 3.28. The number of rotatable bonds is 1. The smallest absolute Gasteiger partial charge is 0.147 e. The van der Waals surface area contributed by atoms with Crippen molar-refractivity contribution in [2.75, 3.05) is 5.73 Å². The van der Waals surface area contributed by atoms with E-state index in [0.717, 1.165) is 22.8 Å². The number of hydrogen-bond donors (Lipinski definition) is 1. The molecule has 0 saturated carbocycles. The second-order valence-corrected chi connectivity index (χ2v) is 3.28. The molecule has 1 aromatic carbocycles. The van der Waals surface area contributed by atoms with Crippen LogP contribution < -0.4 is 5.73 Å². The summed E-state index contributed by atoms with van der Waals surface area (Å²) in [5, 5.41) is 4.20. The fourth-order valence-electron chi connectivity index (χ4n) is 1.24. The van der Waals surface area contributed by atoms with Crippen molar-refractivity contribution in [3.8, 4) is 5.69 Å². The topological polar surface area (TPSA) is 56.7 Å². The number of anilines is 1. The van der Waals surface area contributed by atoms with Gasteiger partial charge in [-0.1, -0.05) is 6.07 Å². The fourth-order valence-corrected chi connectivity index (χ4v) is 1.24. The van der Waals surface area contributed by atoms with Gasteiger partial charge < -0.3 is 5.73 Å². The van der Waals surface area contributed by atoms with Crippen molar-refractivity contribution in [2.24, 2.45) is 0 Å². The number of nitrogen functional groups attached to an aromatic ring is 1. The summed E-state index contributed by atoms with van der Waals surface area (Å²) >= 11 is 0. The minimum atomic E-state index is 0.754. The van der Waals surface area contributed by atoms with E-state index in [1.54, 1.807) is 11.0 Å². The standard InChI is InChI=1S/C10H12N4/c1-7-3-4-9(5-10(7)11)14-6-12-8(2)13-14/h3-6H,11H2,1-2H3. The molecule has 2 rings (SSSR count). The quantitative estimate of drug-likeness (QED) is 0.689. The van der Waals surface area contributed by atoms with Crippen LogP contribution in [0.2, 0.25) is 0 Å². The molecule has 0 unspecified atom stereocenters. The molecule has 0 bridgehead atoms. The number of benzene rings is 1. The summed E-state index contributed by atoms with van der Waals surface area (Å²) in [5.41, 5.74) is 8.59. The summed E-state index contributed by atoms with van der Waals surface area (Å²) < 4.78 is 1.71. The minimum absolute atomic E-state index is 0.754. The molecule has 0 fully saturated rings. The Labute approximate surface area is 82.4 Å². The van der Waals surface area contributed by atoms with E-state index >= 15 is 0 Å². The average molecular weight is 188 g/mol. The zero-order valence-electron chi connectivity index (χ0n) is 8.23. The first-order valence-electron chi connectivity index (χ1n) is 4.41. The van der Waals surface area contributed by atoms with Crippen molar-refractivity contribution < 1.29 is 0 Å². The van der Waals surface area contributed by atoms with Gasteiger partial charge in [0.2, 0.25) is 0 Å². The number of nitrogens with two attached hydrogens (primary N) is 1. The van der Waals surface area contributed by atoms with Gasteiger partial charge in [-0.25, -0.2) is 9.67 Å². The normalized spacial score (nSPS) is 10.4. The van der Waals surface area contributed by atoms with Crippen molar-refractivity contribution in [1.29, 1.82) is 0 Å². The molecule has 1 aromatic heterocycles. The second kappa shape index (κ2) is 3.14. The van der Waals surface area contributed by atoms with Crippen LogP contribution in [0.15, 0.2) is 24.5 Å². The lowest BCUT2D eigenvalue weighted by atomic mass is 10.2. The summed E-state index contributed by atoms with van der Waals surface area (Å²) in [6.45, 7) is 3.83. The molecule has 2 N–H and O–H groups in total. The van der Waals surface area contributed by atoms with Crippen LogP contribution in [0.4, 0.5) is 5.69 Å². The van der Waals surface area contributed by atoms with Gasteiger partial charge in [0.05, 0.1) is 5.69 Å². The van der Waals surface area contributed by atoms with Crippen molar-refractivity contribution in [3.63, 3.8) is 0 Å². The van der Waals surface area contributed by atoms with Gasteiger partial charge in [0.25, 0.3) is 0 Å². The molecule has 14 heavy (non-hydrogen) atoms. The molecule has 4 heteroatoms. The predicted octanol–water partition coefficient (Wildman–Crippen LogP) is 1.47.